The molecule has 0 amide bonds. The van der Waals surface area contributed by atoms with Crippen molar-refractivity contribution < 1.29 is 4.74 Å². The van der Waals surface area contributed by atoms with Gasteiger partial charge >= 0.3 is 0 Å². The summed E-state index contributed by atoms with van der Waals surface area (Å²) in [6.45, 7) is 6.76. The van der Waals surface area contributed by atoms with Crippen molar-refractivity contribution in [3.8, 4) is 5.75 Å². The quantitative estimate of drug-likeness (QED) is 0.854. The van der Waals surface area contributed by atoms with E-state index in [-0.39, 0.29) is 11.5 Å². The molecule has 0 radical (unpaired) electrons. The first-order valence-corrected chi connectivity index (χ1v) is 7.19. The van der Waals surface area contributed by atoms with E-state index in [1.54, 1.807) is 0 Å². The van der Waals surface area contributed by atoms with Gasteiger partial charge in [0, 0.05) is 17.8 Å². The van der Waals surface area contributed by atoms with Crippen LogP contribution in [0.15, 0.2) is 35.1 Å². The lowest BCUT2D eigenvalue weighted by Crippen LogP contribution is -2.12. The van der Waals surface area contributed by atoms with E-state index in [1.165, 1.54) is 6.07 Å². The van der Waals surface area contributed by atoms with Gasteiger partial charge in [-0.3, -0.25) is 9.78 Å². The maximum Gasteiger partial charge on any atom is 0.252 e. The van der Waals surface area contributed by atoms with Gasteiger partial charge in [0.25, 0.3) is 5.56 Å². The molecule has 1 heterocycles. The SMILES string of the molecule is CCCOc1cccc(Nc2nc(C(C)C)cc(=O)[nH]2)c1. The fourth-order valence-corrected chi connectivity index (χ4v) is 1.85. The van der Waals surface area contributed by atoms with Crippen molar-refractivity contribution in [1.29, 1.82) is 0 Å². The van der Waals surface area contributed by atoms with Crippen molar-refractivity contribution in [2.75, 3.05) is 11.9 Å². The predicted molar refractivity (Wildman–Crippen MR) is 84.5 cm³/mol. The standard InChI is InChI=1S/C16H21N3O2/c1-4-8-21-13-7-5-6-12(9-13)17-16-18-14(11(2)3)10-15(20)19-16/h5-7,9-11H,4,8H2,1-3H3,(H2,17,18,19,20). The minimum Gasteiger partial charge on any atom is -0.494 e. The number of ether oxygens (including phenoxy) is 1. The summed E-state index contributed by atoms with van der Waals surface area (Å²) >= 11 is 0. The first kappa shape index (κ1) is 15.1. The van der Waals surface area contributed by atoms with Crippen LogP contribution in [0.4, 0.5) is 11.6 Å². The third kappa shape index (κ3) is 4.34. The van der Waals surface area contributed by atoms with Crippen LogP contribution in [0.2, 0.25) is 0 Å². The highest BCUT2D eigenvalue weighted by molar-refractivity contribution is 5.55. The van der Waals surface area contributed by atoms with Crippen LogP contribution in [-0.4, -0.2) is 16.6 Å². The van der Waals surface area contributed by atoms with Crippen LogP contribution >= 0.6 is 0 Å². The largest absolute Gasteiger partial charge is 0.494 e. The summed E-state index contributed by atoms with van der Waals surface area (Å²) in [5.41, 5.74) is 1.43. The third-order valence-electron chi connectivity index (χ3n) is 2.92. The number of aromatic amines is 1. The molecule has 0 fully saturated rings. The molecule has 21 heavy (non-hydrogen) atoms. The number of anilines is 2. The van der Waals surface area contributed by atoms with Gasteiger partial charge in [-0.2, -0.15) is 0 Å². The highest BCUT2D eigenvalue weighted by Gasteiger charge is 2.06. The molecule has 5 nitrogen and oxygen atoms in total. The number of H-pyrrole nitrogens is 1. The average molecular weight is 287 g/mol. The van der Waals surface area contributed by atoms with E-state index in [0.29, 0.717) is 12.6 Å². The number of hydrogen-bond donors (Lipinski definition) is 2. The Labute approximate surface area is 124 Å². The molecule has 2 aromatic rings. The molecule has 1 aromatic carbocycles. The lowest BCUT2D eigenvalue weighted by atomic mass is 10.1. The second-order valence-electron chi connectivity index (χ2n) is 5.17. The number of nitrogens with zero attached hydrogens (tertiary/aromatic N) is 1. The van der Waals surface area contributed by atoms with E-state index in [0.717, 1.165) is 23.6 Å². The zero-order chi connectivity index (χ0) is 15.2. The zero-order valence-corrected chi connectivity index (χ0v) is 12.6. The normalized spacial score (nSPS) is 10.7. The molecule has 0 aliphatic carbocycles. The first-order valence-electron chi connectivity index (χ1n) is 7.19. The maximum atomic E-state index is 11.7. The number of hydrogen-bond acceptors (Lipinski definition) is 4. The van der Waals surface area contributed by atoms with E-state index in [4.69, 9.17) is 4.74 Å². The van der Waals surface area contributed by atoms with Crippen molar-refractivity contribution in [2.24, 2.45) is 0 Å². The molecule has 0 aliphatic rings. The van der Waals surface area contributed by atoms with E-state index in [1.807, 2.05) is 38.1 Å². The van der Waals surface area contributed by atoms with E-state index in [2.05, 4.69) is 22.2 Å². The third-order valence-corrected chi connectivity index (χ3v) is 2.92. The topological polar surface area (TPSA) is 67.0 Å². The summed E-state index contributed by atoms with van der Waals surface area (Å²) < 4.78 is 5.59. The molecule has 5 heteroatoms. The minimum atomic E-state index is -0.158. The molecule has 2 N–H and O–H groups in total. The van der Waals surface area contributed by atoms with Gasteiger partial charge in [0.1, 0.15) is 5.75 Å². The molecule has 0 saturated carbocycles. The Morgan fingerprint density at radius 1 is 1.33 bits per heavy atom. The molecule has 0 atom stereocenters. The maximum absolute atomic E-state index is 11.7. The summed E-state index contributed by atoms with van der Waals surface area (Å²) in [5, 5.41) is 3.11. The Balaban J connectivity index is 2.19. The van der Waals surface area contributed by atoms with Crippen LogP contribution in [0, 0.1) is 0 Å². The van der Waals surface area contributed by atoms with Crippen LogP contribution in [0.25, 0.3) is 0 Å². The van der Waals surface area contributed by atoms with Gasteiger partial charge in [-0.15, -0.1) is 0 Å². The Morgan fingerprint density at radius 2 is 2.14 bits per heavy atom. The highest BCUT2D eigenvalue weighted by atomic mass is 16.5. The number of aromatic nitrogens is 2. The van der Waals surface area contributed by atoms with Gasteiger partial charge in [0.05, 0.1) is 12.3 Å². The lowest BCUT2D eigenvalue weighted by molar-refractivity contribution is 0.317. The van der Waals surface area contributed by atoms with Crippen molar-refractivity contribution in [3.05, 3.63) is 46.4 Å². The molecular weight excluding hydrogens is 266 g/mol. The van der Waals surface area contributed by atoms with E-state index >= 15 is 0 Å². The fourth-order valence-electron chi connectivity index (χ4n) is 1.85. The molecule has 0 aliphatic heterocycles. The number of rotatable bonds is 6. The van der Waals surface area contributed by atoms with Crippen molar-refractivity contribution in [1.82, 2.24) is 9.97 Å². The molecule has 0 saturated heterocycles. The van der Waals surface area contributed by atoms with Crippen LogP contribution in [0.5, 0.6) is 5.75 Å². The van der Waals surface area contributed by atoms with Gasteiger partial charge in [-0.25, -0.2) is 4.98 Å². The second-order valence-corrected chi connectivity index (χ2v) is 5.17. The second kappa shape index (κ2) is 6.92. The lowest BCUT2D eigenvalue weighted by Gasteiger charge is -2.10. The minimum absolute atomic E-state index is 0.158. The highest BCUT2D eigenvalue weighted by Crippen LogP contribution is 2.20. The number of benzene rings is 1. The summed E-state index contributed by atoms with van der Waals surface area (Å²) in [4.78, 5) is 18.8. The van der Waals surface area contributed by atoms with Crippen molar-refractivity contribution >= 4 is 11.6 Å². The van der Waals surface area contributed by atoms with Gasteiger partial charge in [0.2, 0.25) is 5.95 Å². The Kier molecular flexibility index (Phi) is 4.98. The van der Waals surface area contributed by atoms with Gasteiger partial charge in [0.15, 0.2) is 0 Å². The first-order chi connectivity index (χ1) is 10.1. The van der Waals surface area contributed by atoms with Gasteiger partial charge < -0.3 is 10.1 Å². The Morgan fingerprint density at radius 3 is 2.86 bits per heavy atom. The summed E-state index contributed by atoms with van der Waals surface area (Å²) in [6, 6.07) is 9.12. The molecule has 112 valence electrons. The molecule has 1 aromatic heterocycles. The zero-order valence-electron chi connectivity index (χ0n) is 12.6. The van der Waals surface area contributed by atoms with E-state index in [9.17, 15) is 4.79 Å². The molecule has 0 bridgehead atoms. The predicted octanol–water partition coefficient (Wildman–Crippen LogP) is 3.43. The van der Waals surface area contributed by atoms with Crippen LogP contribution < -0.4 is 15.6 Å². The monoisotopic (exact) mass is 287 g/mol. The summed E-state index contributed by atoms with van der Waals surface area (Å²) in [7, 11) is 0. The van der Waals surface area contributed by atoms with E-state index < -0.39 is 0 Å². The molecular formula is C16H21N3O2. The van der Waals surface area contributed by atoms with Crippen molar-refractivity contribution in [3.63, 3.8) is 0 Å². The molecule has 2 rings (SSSR count). The smallest absolute Gasteiger partial charge is 0.252 e. The van der Waals surface area contributed by atoms with Crippen LogP contribution in [0.3, 0.4) is 0 Å². The fraction of sp³-hybridized carbons (Fsp3) is 0.375. The summed E-state index contributed by atoms with van der Waals surface area (Å²) in [5.74, 6) is 1.44. The van der Waals surface area contributed by atoms with Crippen LogP contribution in [-0.2, 0) is 0 Å². The average Bonchev–Trinajstić information content (AvgIpc) is 2.45. The summed E-state index contributed by atoms with van der Waals surface area (Å²) in [6.07, 6.45) is 0.961. The Bertz CT molecular complexity index is 650. The van der Waals surface area contributed by atoms with Gasteiger partial charge in [-0.1, -0.05) is 26.8 Å². The van der Waals surface area contributed by atoms with Crippen molar-refractivity contribution in [2.45, 2.75) is 33.1 Å². The Hall–Kier alpha value is -2.30. The number of nitrogens with one attached hydrogen (secondary N) is 2. The van der Waals surface area contributed by atoms with Gasteiger partial charge in [-0.05, 0) is 24.5 Å². The molecule has 0 spiro atoms. The van der Waals surface area contributed by atoms with Crippen LogP contribution in [0.1, 0.15) is 38.8 Å². The molecule has 0 unspecified atom stereocenters.